The number of carbonyl (C=O) groups excluding carboxylic acids is 1. The Morgan fingerprint density at radius 2 is 2.00 bits per heavy atom. The van der Waals surface area contributed by atoms with E-state index in [0.717, 1.165) is 16.6 Å². The van der Waals surface area contributed by atoms with Gasteiger partial charge in [0.2, 0.25) is 0 Å². The van der Waals surface area contributed by atoms with E-state index >= 15 is 0 Å². The highest BCUT2D eigenvalue weighted by Crippen LogP contribution is 2.20. The molecule has 0 spiro atoms. The van der Waals surface area contributed by atoms with Gasteiger partial charge < -0.3 is 9.73 Å². The molecular weight excluding hydrogens is 286 g/mol. The number of hydrogen-bond donors (Lipinski definition) is 2. The molecule has 0 fully saturated rings. The lowest BCUT2D eigenvalue weighted by atomic mass is 10.2. The first-order valence-corrected chi connectivity index (χ1v) is 6.64. The van der Waals surface area contributed by atoms with Gasteiger partial charge in [-0.2, -0.15) is 0 Å². The fraction of sp³-hybridized carbons (Fsp3) is 0. The number of hydrogen-bond acceptors (Lipinski definition) is 4. The van der Waals surface area contributed by atoms with Gasteiger partial charge in [0.05, 0.1) is 17.5 Å². The highest BCUT2D eigenvalue weighted by molar-refractivity contribution is 7.80. The Hall–Kier alpha value is -2.73. The Morgan fingerprint density at radius 1 is 1.14 bits per heavy atom. The Kier molecular flexibility index (Phi) is 3.61. The molecule has 0 unspecified atom stereocenters. The molecule has 0 saturated carbocycles. The van der Waals surface area contributed by atoms with Crippen molar-refractivity contribution in [3.8, 4) is 0 Å². The van der Waals surface area contributed by atoms with Crippen LogP contribution in [0.5, 0.6) is 0 Å². The van der Waals surface area contributed by atoms with E-state index in [2.05, 4.69) is 15.6 Å². The number of pyridine rings is 1. The summed E-state index contributed by atoms with van der Waals surface area (Å²) < 4.78 is 5.00. The van der Waals surface area contributed by atoms with Gasteiger partial charge >= 0.3 is 0 Å². The van der Waals surface area contributed by atoms with E-state index in [1.54, 1.807) is 18.3 Å². The Bertz CT molecular complexity index is 794. The minimum atomic E-state index is -0.398. The fourth-order valence-corrected chi connectivity index (χ4v) is 2.13. The van der Waals surface area contributed by atoms with E-state index < -0.39 is 5.91 Å². The molecule has 0 saturated heterocycles. The number of benzene rings is 1. The molecule has 0 aliphatic heterocycles. The van der Waals surface area contributed by atoms with Crippen LogP contribution in [-0.2, 0) is 0 Å². The summed E-state index contributed by atoms with van der Waals surface area (Å²) in [6.45, 7) is 0. The predicted octanol–water partition coefficient (Wildman–Crippen LogP) is 2.95. The van der Waals surface area contributed by atoms with Crippen LogP contribution in [-0.4, -0.2) is 16.0 Å². The summed E-state index contributed by atoms with van der Waals surface area (Å²) in [5.74, 6) is -0.194. The molecular formula is C15H11N3O2S. The van der Waals surface area contributed by atoms with E-state index in [1.165, 1.54) is 6.26 Å². The van der Waals surface area contributed by atoms with Crippen LogP contribution >= 0.6 is 12.2 Å². The van der Waals surface area contributed by atoms with Gasteiger partial charge in [-0.3, -0.25) is 15.1 Å². The summed E-state index contributed by atoms with van der Waals surface area (Å²) in [6, 6.07) is 12.7. The zero-order valence-electron chi connectivity index (χ0n) is 10.9. The molecule has 0 aliphatic carbocycles. The highest BCUT2D eigenvalue weighted by Gasteiger charge is 2.11. The molecule has 5 nitrogen and oxygen atoms in total. The maximum absolute atomic E-state index is 11.8. The largest absolute Gasteiger partial charge is 0.459 e. The highest BCUT2D eigenvalue weighted by atomic mass is 32.1. The van der Waals surface area contributed by atoms with Crippen molar-refractivity contribution in [2.45, 2.75) is 0 Å². The lowest BCUT2D eigenvalue weighted by Gasteiger charge is -2.10. The average Bonchev–Trinajstić information content (AvgIpc) is 3.02. The SMILES string of the molecule is O=C(NC(=S)Nc1cccc2cccnc12)c1ccco1. The van der Waals surface area contributed by atoms with Crippen LogP contribution in [0, 0.1) is 0 Å². The molecule has 0 atom stereocenters. The third kappa shape index (κ3) is 2.90. The van der Waals surface area contributed by atoms with Crippen molar-refractivity contribution in [2.24, 2.45) is 0 Å². The molecule has 3 rings (SSSR count). The van der Waals surface area contributed by atoms with E-state index in [-0.39, 0.29) is 10.9 Å². The van der Waals surface area contributed by atoms with Gasteiger partial charge in [-0.25, -0.2) is 0 Å². The van der Waals surface area contributed by atoms with Gasteiger partial charge in [-0.15, -0.1) is 0 Å². The van der Waals surface area contributed by atoms with Crippen molar-refractivity contribution in [2.75, 3.05) is 5.32 Å². The summed E-state index contributed by atoms with van der Waals surface area (Å²) in [6.07, 6.45) is 3.14. The Balaban J connectivity index is 1.76. The van der Waals surface area contributed by atoms with E-state index in [0.29, 0.717) is 0 Å². The minimum absolute atomic E-state index is 0.189. The first-order valence-electron chi connectivity index (χ1n) is 6.23. The van der Waals surface area contributed by atoms with Gasteiger partial charge in [0.25, 0.3) is 5.91 Å². The van der Waals surface area contributed by atoms with Crippen LogP contribution in [0.25, 0.3) is 10.9 Å². The Labute approximate surface area is 126 Å². The zero-order valence-corrected chi connectivity index (χ0v) is 11.7. The molecule has 21 heavy (non-hydrogen) atoms. The number of anilines is 1. The van der Waals surface area contributed by atoms with Gasteiger partial charge in [0.1, 0.15) is 0 Å². The van der Waals surface area contributed by atoms with Crippen LogP contribution in [0.15, 0.2) is 59.3 Å². The number of thiocarbonyl (C=S) groups is 1. The maximum Gasteiger partial charge on any atom is 0.293 e. The quantitative estimate of drug-likeness (QED) is 0.712. The molecule has 2 N–H and O–H groups in total. The number of para-hydroxylation sites is 1. The van der Waals surface area contributed by atoms with Crippen molar-refractivity contribution in [3.05, 3.63) is 60.7 Å². The monoisotopic (exact) mass is 297 g/mol. The van der Waals surface area contributed by atoms with Gasteiger partial charge in [-0.1, -0.05) is 18.2 Å². The molecule has 0 aliphatic rings. The van der Waals surface area contributed by atoms with Crippen LogP contribution in [0.1, 0.15) is 10.6 Å². The number of fused-ring (bicyclic) bond motifs is 1. The van der Waals surface area contributed by atoms with Crippen LogP contribution in [0.3, 0.4) is 0 Å². The standard InChI is InChI=1S/C15H11N3O2S/c19-14(12-7-3-9-20-12)18-15(21)17-11-6-1-4-10-5-2-8-16-13(10)11/h1-9H,(H2,17,18,19,21). The lowest BCUT2D eigenvalue weighted by molar-refractivity contribution is 0.0950. The first kappa shape index (κ1) is 13.3. The van der Waals surface area contributed by atoms with E-state index in [9.17, 15) is 4.79 Å². The number of aromatic nitrogens is 1. The van der Waals surface area contributed by atoms with Crippen LogP contribution in [0.2, 0.25) is 0 Å². The summed E-state index contributed by atoms with van der Waals surface area (Å²) in [4.78, 5) is 16.1. The number of amides is 1. The zero-order chi connectivity index (χ0) is 14.7. The summed E-state index contributed by atoms with van der Waals surface area (Å²) >= 11 is 5.14. The fourth-order valence-electron chi connectivity index (χ4n) is 1.93. The number of furan rings is 1. The molecule has 0 bridgehead atoms. The van der Waals surface area contributed by atoms with E-state index in [1.807, 2.05) is 30.3 Å². The number of nitrogens with one attached hydrogen (secondary N) is 2. The number of carbonyl (C=O) groups is 1. The smallest absolute Gasteiger partial charge is 0.293 e. The topological polar surface area (TPSA) is 67.2 Å². The molecule has 1 aromatic carbocycles. The second-order valence-electron chi connectivity index (χ2n) is 4.27. The van der Waals surface area contributed by atoms with E-state index in [4.69, 9.17) is 16.6 Å². The molecule has 6 heteroatoms. The van der Waals surface area contributed by atoms with Gasteiger partial charge in [0.15, 0.2) is 10.9 Å². The van der Waals surface area contributed by atoms with Crippen LogP contribution in [0.4, 0.5) is 5.69 Å². The van der Waals surface area contributed by atoms with Crippen molar-refractivity contribution < 1.29 is 9.21 Å². The molecule has 3 aromatic rings. The Morgan fingerprint density at radius 3 is 2.81 bits per heavy atom. The number of nitrogens with zero attached hydrogens (tertiary/aromatic N) is 1. The summed E-state index contributed by atoms with van der Waals surface area (Å²) in [5.41, 5.74) is 1.52. The maximum atomic E-state index is 11.8. The minimum Gasteiger partial charge on any atom is -0.459 e. The third-order valence-electron chi connectivity index (χ3n) is 2.85. The molecule has 2 heterocycles. The van der Waals surface area contributed by atoms with Crippen molar-refractivity contribution in [1.29, 1.82) is 0 Å². The second-order valence-corrected chi connectivity index (χ2v) is 4.67. The molecule has 2 aromatic heterocycles. The van der Waals surface area contributed by atoms with Crippen LogP contribution < -0.4 is 10.6 Å². The molecule has 104 valence electrons. The van der Waals surface area contributed by atoms with Crippen molar-refractivity contribution in [3.63, 3.8) is 0 Å². The van der Waals surface area contributed by atoms with Gasteiger partial charge in [-0.05, 0) is 36.5 Å². The third-order valence-corrected chi connectivity index (χ3v) is 3.06. The summed E-state index contributed by atoms with van der Waals surface area (Å²) in [5, 5.41) is 6.71. The summed E-state index contributed by atoms with van der Waals surface area (Å²) in [7, 11) is 0. The van der Waals surface area contributed by atoms with Gasteiger partial charge in [0, 0.05) is 11.6 Å². The first-order chi connectivity index (χ1) is 10.2. The lowest BCUT2D eigenvalue weighted by Crippen LogP contribution is -2.33. The second kappa shape index (κ2) is 5.72. The predicted molar refractivity (Wildman–Crippen MR) is 84.1 cm³/mol. The van der Waals surface area contributed by atoms with Crippen molar-refractivity contribution in [1.82, 2.24) is 10.3 Å². The number of rotatable bonds is 2. The van der Waals surface area contributed by atoms with Crippen molar-refractivity contribution >= 4 is 39.8 Å². The normalized spacial score (nSPS) is 10.3. The average molecular weight is 297 g/mol. The molecule has 1 amide bonds. The molecule has 0 radical (unpaired) electrons.